The van der Waals surface area contributed by atoms with Crippen molar-refractivity contribution in [3.05, 3.63) is 18.5 Å². The monoisotopic (exact) mass is 238 g/mol. The van der Waals surface area contributed by atoms with Gasteiger partial charge in [-0.3, -0.25) is 9.48 Å². The Hall–Kier alpha value is -1.36. The van der Waals surface area contributed by atoms with Gasteiger partial charge in [0.25, 0.3) is 0 Å². The van der Waals surface area contributed by atoms with Crippen LogP contribution in [-0.4, -0.2) is 34.8 Å². The number of carbonyl (C=O) groups excluding carboxylic acids is 1. The molecule has 0 radical (unpaired) electrons. The summed E-state index contributed by atoms with van der Waals surface area (Å²) in [5, 5.41) is 10.2. The second-order valence-electron chi connectivity index (χ2n) is 4.33. The summed E-state index contributed by atoms with van der Waals surface area (Å²) in [6.07, 6.45) is 5.09. The van der Waals surface area contributed by atoms with E-state index < -0.39 is 0 Å². The quantitative estimate of drug-likeness (QED) is 0.658. The molecular formula is C12H22N4O. The van der Waals surface area contributed by atoms with Crippen molar-refractivity contribution in [1.29, 1.82) is 0 Å². The van der Waals surface area contributed by atoms with E-state index in [1.165, 1.54) is 0 Å². The van der Waals surface area contributed by atoms with Crippen LogP contribution in [0.1, 0.15) is 26.7 Å². The van der Waals surface area contributed by atoms with Gasteiger partial charge in [0.15, 0.2) is 0 Å². The lowest BCUT2D eigenvalue weighted by molar-refractivity contribution is -0.121. The summed E-state index contributed by atoms with van der Waals surface area (Å²) in [4.78, 5) is 11.4. The fourth-order valence-corrected chi connectivity index (χ4v) is 1.47. The van der Waals surface area contributed by atoms with Crippen molar-refractivity contribution < 1.29 is 4.79 Å². The molecule has 0 aliphatic rings. The number of nitrogens with one attached hydrogen (secondary N) is 2. The van der Waals surface area contributed by atoms with E-state index in [1.54, 1.807) is 10.9 Å². The lowest BCUT2D eigenvalue weighted by Gasteiger charge is -2.08. The molecule has 1 heterocycles. The van der Waals surface area contributed by atoms with E-state index in [1.807, 2.05) is 12.3 Å². The van der Waals surface area contributed by atoms with Gasteiger partial charge < -0.3 is 10.6 Å². The number of nitrogens with zero attached hydrogens (tertiary/aromatic N) is 2. The molecule has 0 saturated heterocycles. The van der Waals surface area contributed by atoms with E-state index in [2.05, 4.69) is 29.6 Å². The van der Waals surface area contributed by atoms with E-state index in [9.17, 15) is 4.79 Å². The second-order valence-corrected chi connectivity index (χ2v) is 4.33. The lowest BCUT2D eigenvalue weighted by atomic mass is 10.2. The van der Waals surface area contributed by atoms with E-state index in [0.29, 0.717) is 19.0 Å². The topological polar surface area (TPSA) is 59.0 Å². The maximum atomic E-state index is 11.4. The van der Waals surface area contributed by atoms with E-state index in [-0.39, 0.29) is 5.91 Å². The van der Waals surface area contributed by atoms with Crippen molar-refractivity contribution in [2.75, 3.05) is 13.1 Å². The highest BCUT2D eigenvalue weighted by molar-refractivity contribution is 5.75. The number of aromatic nitrogens is 2. The molecule has 0 saturated carbocycles. The van der Waals surface area contributed by atoms with Crippen molar-refractivity contribution in [3.63, 3.8) is 0 Å². The minimum Gasteiger partial charge on any atom is -0.354 e. The predicted octanol–water partition coefficient (Wildman–Crippen LogP) is 0.777. The van der Waals surface area contributed by atoms with Gasteiger partial charge in [-0.15, -0.1) is 0 Å². The summed E-state index contributed by atoms with van der Waals surface area (Å²) >= 11 is 0. The maximum absolute atomic E-state index is 11.4. The molecule has 17 heavy (non-hydrogen) atoms. The van der Waals surface area contributed by atoms with Crippen molar-refractivity contribution in [2.24, 2.45) is 0 Å². The standard InChI is InChI=1S/C12H22N4O/c1-11(2)13-6-3-5-12(17)14-8-10-16-9-4-7-15-16/h4,7,9,11,13H,3,5-6,8,10H2,1-2H3,(H,14,17). The van der Waals surface area contributed by atoms with Crippen LogP contribution in [-0.2, 0) is 11.3 Å². The van der Waals surface area contributed by atoms with E-state index in [4.69, 9.17) is 0 Å². The first-order valence-electron chi connectivity index (χ1n) is 6.16. The highest BCUT2D eigenvalue weighted by Gasteiger charge is 2.00. The second kappa shape index (κ2) is 7.84. The number of hydrogen-bond donors (Lipinski definition) is 2. The molecule has 1 rings (SSSR count). The van der Waals surface area contributed by atoms with Crippen LogP contribution >= 0.6 is 0 Å². The average molecular weight is 238 g/mol. The molecule has 2 N–H and O–H groups in total. The Morgan fingerprint density at radius 1 is 1.41 bits per heavy atom. The Kier molecular flexibility index (Phi) is 6.32. The van der Waals surface area contributed by atoms with Gasteiger partial charge in [-0.2, -0.15) is 5.10 Å². The number of amides is 1. The molecule has 0 atom stereocenters. The van der Waals surface area contributed by atoms with Gasteiger partial charge in [-0.1, -0.05) is 13.8 Å². The van der Waals surface area contributed by atoms with Crippen LogP contribution in [0, 0.1) is 0 Å². The third-order valence-electron chi connectivity index (χ3n) is 2.36. The largest absolute Gasteiger partial charge is 0.354 e. The van der Waals surface area contributed by atoms with E-state index >= 15 is 0 Å². The fourth-order valence-electron chi connectivity index (χ4n) is 1.47. The van der Waals surface area contributed by atoms with Crippen LogP contribution < -0.4 is 10.6 Å². The van der Waals surface area contributed by atoms with Crippen molar-refractivity contribution in [1.82, 2.24) is 20.4 Å². The Morgan fingerprint density at radius 2 is 2.24 bits per heavy atom. The number of carbonyl (C=O) groups is 1. The Morgan fingerprint density at radius 3 is 2.88 bits per heavy atom. The Bertz CT molecular complexity index is 308. The van der Waals surface area contributed by atoms with Gasteiger partial charge in [0.05, 0.1) is 6.54 Å². The summed E-state index contributed by atoms with van der Waals surface area (Å²) in [6, 6.07) is 2.36. The molecule has 0 aliphatic heterocycles. The Balaban J connectivity index is 1.98. The summed E-state index contributed by atoms with van der Waals surface area (Å²) in [5.41, 5.74) is 0. The summed E-state index contributed by atoms with van der Waals surface area (Å²) in [7, 11) is 0. The SMILES string of the molecule is CC(C)NCCCC(=O)NCCn1cccn1. The van der Waals surface area contributed by atoms with Crippen molar-refractivity contribution >= 4 is 5.91 Å². The molecule has 0 unspecified atom stereocenters. The molecule has 1 aromatic rings. The molecule has 5 nitrogen and oxygen atoms in total. The van der Waals surface area contributed by atoms with Crippen LogP contribution in [0.5, 0.6) is 0 Å². The number of rotatable bonds is 8. The zero-order valence-electron chi connectivity index (χ0n) is 10.6. The first kappa shape index (κ1) is 13.7. The molecule has 0 aromatic carbocycles. The summed E-state index contributed by atoms with van der Waals surface area (Å²) in [5.74, 6) is 0.114. The summed E-state index contributed by atoms with van der Waals surface area (Å²) in [6.45, 7) is 6.46. The third-order valence-corrected chi connectivity index (χ3v) is 2.36. The van der Waals surface area contributed by atoms with Crippen LogP contribution in [0.25, 0.3) is 0 Å². The van der Waals surface area contributed by atoms with Crippen LogP contribution in [0.4, 0.5) is 0 Å². The molecule has 0 bridgehead atoms. The minimum atomic E-state index is 0.114. The molecule has 0 aliphatic carbocycles. The first-order valence-corrected chi connectivity index (χ1v) is 6.16. The molecule has 96 valence electrons. The molecule has 0 spiro atoms. The van der Waals surface area contributed by atoms with Gasteiger partial charge >= 0.3 is 0 Å². The minimum absolute atomic E-state index is 0.114. The van der Waals surface area contributed by atoms with Gasteiger partial charge in [-0.05, 0) is 19.0 Å². The fraction of sp³-hybridized carbons (Fsp3) is 0.667. The molecule has 1 amide bonds. The van der Waals surface area contributed by atoms with Gasteiger partial charge in [0.1, 0.15) is 0 Å². The highest BCUT2D eigenvalue weighted by atomic mass is 16.1. The van der Waals surface area contributed by atoms with Crippen molar-refractivity contribution in [2.45, 2.75) is 39.3 Å². The molecule has 1 aromatic heterocycles. The Labute approximate surface area is 103 Å². The van der Waals surface area contributed by atoms with Gasteiger partial charge in [0.2, 0.25) is 5.91 Å². The first-order chi connectivity index (χ1) is 8.18. The smallest absolute Gasteiger partial charge is 0.220 e. The average Bonchev–Trinajstić information content (AvgIpc) is 2.77. The molecular weight excluding hydrogens is 216 g/mol. The highest BCUT2D eigenvalue weighted by Crippen LogP contribution is 1.89. The lowest BCUT2D eigenvalue weighted by Crippen LogP contribution is -2.29. The third kappa shape index (κ3) is 6.73. The molecule has 5 heteroatoms. The van der Waals surface area contributed by atoms with Crippen LogP contribution in [0.3, 0.4) is 0 Å². The van der Waals surface area contributed by atoms with Crippen LogP contribution in [0.2, 0.25) is 0 Å². The zero-order chi connectivity index (χ0) is 12.5. The normalized spacial score (nSPS) is 10.8. The van der Waals surface area contributed by atoms with Gasteiger partial charge in [-0.25, -0.2) is 0 Å². The molecule has 0 fully saturated rings. The van der Waals surface area contributed by atoms with E-state index in [0.717, 1.165) is 19.5 Å². The summed E-state index contributed by atoms with van der Waals surface area (Å²) < 4.78 is 1.81. The number of hydrogen-bond acceptors (Lipinski definition) is 3. The van der Waals surface area contributed by atoms with Gasteiger partial charge in [0, 0.05) is 31.4 Å². The predicted molar refractivity (Wildman–Crippen MR) is 67.6 cm³/mol. The zero-order valence-corrected chi connectivity index (χ0v) is 10.6. The maximum Gasteiger partial charge on any atom is 0.220 e. The van der Waals surface area contributed by atoms with Crippen molar-refractivity contribution in [3.8, 4) is 0 Å². The van der Waals surface area contributed by atoms with Crippen LogP contribution in [0.15, 0.2) is 18.5 Å².